The largest absolute Gasteiger partial charge is 0.497 e. The van der Waals surface area contributed by atoms with E-state index in [0.29, 0.717) is 17.1 Å². The summed E-state index contributed by atoms with van der Waals surface area (Å²) in [4.78, 5) is 52.7. The fourth-order valence-corrected chi connectivity index (χ4v) is 4.85. The molecule has 0 spiro atoms. The van der Waals surface area contributed by atoms with Crippen LogP contribution in [0.25, 0.3) is 0 Å². The Morgan fingerprint density at radius 2 is 1.41 bits per heavy atom. The lowest BCUT2D eigenvalue weighted by molar-refractivity contribution is -0.384. The minimum atomic E-state index is -1.46. The number of fused-ring (bicyclic) bond motifs is 1. The van der Waals surface area contributed by atoms with E-state index in [9.17, 15) is 24.5 Å². The molecule has 0 N–H and O–H groups in total. The molecule has 4 aromatic rings. The summed E-state index contributed by atoms with van der Waals surface area (Å²) in [6, 6.07) is 26.9. The Kier molecular flexibility index (Phi) is 7.01. The summed E-state index contributed by atoms with van der Waals surface area (Å²) >= 11 is 0. The first-order valence-electron chi connectivity index (χ1n) is 12.2. The zero-order valence-electron chi connectivity index (χ0n) is 20.9. The Morgan fingerprint density at radius 3 is 2.03 bits per heavy atom. The topological polar surface area (TPSA) is 113 Å². The Labute approximate surface area is 224 Å². The molecule has 5 rings (SSSR count). The highest BCUT2D eigenvalue weighted by Gasteiger charge is 2.49. The van der Waals surface area contributed by atoms with Gasteiger partial charge in [-0.25, -0.2) is 0 Å². The van der Waals surface area contributed by atoms with Gasteiger partial charge in [-0.3, -0.25) is 24.5 Å². The molecule has 39 heavy (non-hydrogen) atoms. The average Bonchev–Trinajstić information content (AvgIpc) is 2.98. The van der Waals surface area contributed by atoms with Crippen LogP contribution in [-0.2, 0) is 0 Å². The maximum atomic E-state index is 14.1. The predicted octanol–water partition coefficient (Wildman–Crippen LogP) is 5.92. The third-order valence-corrected chi connectivity index (χ3v) is 6.82. The highest BCUT2D eigenvalue weighted by atomic mass is 16.6. The van der Waals surface area contributed by atoms with Crippen molar-refractivity contribution in [2.75, 3.05) is 7.11 Å². The van der Waals surface area contributed by atoms with Gasteiger partial charge in [0.15, 0.2) is 17.3 Å². The Bertz CT molecular complexity index is 1550. The van der Waals surface area contributed by atoms with Crippen molar-refractivity contribution in [2.45, 2.75) is 6.10 Å². The van der Waals surface area contributed by atoms with Gasteiger partial charge in [-0.1, -0.05) is 54.6 Å². The van der Waals surface area contributed by atoms with E-state index in [1.54, 1.807) is 78.9 Å². The van der Waals surface area contributed by atoms with Crippen LogP contribution in [0.2, 0.25) is 0 Å². The highest BCUT2D eigenvalue weighted by Crippen LogP contribution is 2.44. The number of para-hydroxylation sites is 1. The van der Waals surface area contributed by atoms with Gasteiger partial charge in [-0.05, 0) is 42.0 Å². The van der Waals surface area contributed by atoms with E-state index in [1.807, 2.05) is 0 Å². The van der Waals surface area contributed by atoms with Crippen molar-refractivity contribution in [1.29, 1.82) is 0 Å². The van der Waals surface area contributed by atoms with Crippen molar-refractivity contribution in [2.24, 2.45) is 11.8 Å². The summed E-state index contributed by atoms with van der Waals surface area (Å²) in [7, 11) is 1.53. The fourth-order valence-electron chi connectivity index (χ4n) is 4.85. The Morgan fingerprint density at radius 1 is 0.821 bits per heavy atom. The summed E-state index contributed by atoms with van der Waals surface area (Å²) in [5, 5.41) is 11.2. The number of non-ortho nitro benzene ring substituents is 1. The van der Waals surface area contributed by atoms with E-state index in [4.69, 9.17) is 9.47 Å². The number of nitrogens with zero attached hydrogens (tertiary/aromatic N) is 1. The van der Waals surface area contributed by atoms with Gasteiger partial charge in [0.05, 0.1) is 29.4 Å². The van der Waals surface area contributed by atoms with E-state index in [2.05, 4.69) is 0 Å². The van der Waals surface area contributed by atoms with E-state index in [0.717, 1.165) is 0 Å². The standard InChI is InChI=1S/C31H23NO7/c1-38-23-17-13-21(14-18-23)31-27(30(35)24-9-5-6-10-25(24)39-31)26(28(33)19-7-3-2-4-8-19)29(34)20-11-15-22(16-12-20)32(36)37/h2-18,26-27,31H,1H3. The summed E-state index contributed by atoms with van der Waals surface area (Å²) < 4.78 is 11.6. The molecule has 0 radical (unpaired) electrons. The second-order valence-electron chi connectivity index (χ2n) is 9.07. The molecule has 3 atom stereocenters. The molecule has 8 heteroatoms. The number of hydrogen-bond acceptors (Lipinski definition) is 7. The van der Waals surface area contributed by atoms with Crippen molar-refractivity contribution >= 4 is 23.0 Å². The third-order valence-electron chi connectivity index (χ3n) is 6.82. The number of carbonyl (C=O) groups excluding carboxylic acids is 3. The molecule has 1 aliphatic rings. The van der Waals surface area contributed by atoms with Gasteiger partial charge in [0.1, 0.15) is 17.6 Å². The first-order valence-corrected chi connectivity index (χ1v) is 12.2. The summed E-state index contributed by atoms with van der Waals surface area (Å²) in [5.41, 5.74) is 1.01. The van der Waals surface area contributed by atoms with Gasteiger partial charge in [-0.2, -0.15) is 0 Å². The number of nitro groups is 1. The molecular formula is C31H23NO7. The van der Waals surface area contributed by atoms with Crippen LogP contribution in [0, 0.1) is 22.0 Å². The second kappa shape index (κ2) is 10.7. The molecule has 194 valence electrons. The molecule has 0 saturated carbocycles. The number of benzene rings is 4. The highest BCUT2D eigenvalue weighted by molar-refractivity contribution is 6.20. The fraction of sp³-hybridized carbons (Fsp3) is 0.129. The second-order valence-corrected chi connectivity index (χ2v) is 9.07. The Balaban J connectivity index is 1.67. The number of Topliss-reactive ketones (excluding diaryl/α,β-unsaturated/α-hetero) is 3. The van der Waals surface area contributed by atoms with E-state index >= 15 is 0 Å². The molecule has 0 aliphatic carbocycles. The quantitative estimate of drug-likeness (QED) is 0.122. The smallest absolute Gasteiger partial charge is 0.269 e. The normalized spacial score (nSPS) is 16.9. The van der Waals surface area contributed by atoms with Gasteiger partial charge in [0.2, 0.25) is 0 Å². The predicted molar refractivity (Wildman–Crippen MR) is 142 cm³/mol. The molecule has 0 saturated heterocycles. The Hall–Kier alpha value is -5.11. The van der Waals surface area contributed by atoms with Gasteiger partial charge in [0.25, 0.3) is 5.69 Å². The van der Waals surface area contributed by atoms with Crippen LogP contribution in [0.1, 0.15) is 42.7 Å². The zero-order valence-corrected chi connectivity index (χ0v) is 20.9. The van der Waals surface area contributed by atoms with E-state index in [1.165, 1.54) is 31.4 Å². The molecular weight excluding hydrogens is 498 g/mol. The molecule has 3 unspecified atom stereocenters. The van der Waals surface area contributed by atoms with E-state index in [-0.39, 0.29) is 22.4 Å². The zero-order chi connectivity index (χ0) is 27.5. The van der Waals surface area contributed by atoms with Gasteiger partial charge >= 0.3 is 0 Å². The molecule has 8 nitrogen and oxygen atoms in total. The summed E-state index contributed by atoms with van der Waals surface area (Å²) in [5.74, 6) is -3.28. The van der Waals surface area contributed by atoms with Crippen molar-refractivity contribution in [3.8, 4) is 11.5 Å². The first kappa shape index (κ1) is 25.5. The lowest BCUT2D eigenvalue weighted by Gasteiger charge is -2.36. The molecule has 0 bridgehead atoms. The number of methoxy groups -OCH3 is 1. The lowest BCUT2D eigenvalue weighted by atomic mass is 9.71. The summed E-state index contributed by atoms with van der Waals surface area (Å²) in [6.45, 7) is 0. The van der Waals surface area contributed by atoms with Gasteiger partial charge in [0, 0.05) is 23.3 Å². The van der Waals surface area contributed by atoms with Crippen LogP contribution < -0.4 is 9.47 Å². The number of ether oxygens (including phenoxy) is 2. The molecule has 1 heterocycles. The molecule has 0 fully saturated rings. The molecule has 1 aliphatic heterocycles. The monoisotopic (exact) mass is 521 g/mol. The van der Waals surface area contributed by atoms with Crippen molar-refractivity contribution in [3.05, 3.63) is 135 Å². The van der Waals surface area contributed by atoms with Crippen LogP contribution >= 0.6 is 0 Å². The van der Waals surface area contributed by atoms with Crippen LogP contribution in [0.15, 0.2) is 103 Å². The third kappa shape index (κ3) is 4.92. The maximum absolute atomic E-state index is 14.1. The molecule has 0 amide bonds. The van der Waals surface area contributed by atoms with Crippen LogP contribution in [0.5, 0.6) is 11.5 Å². The summed E-state index contributed by atoms with van der Waals surface area (Å²) in [6.07, 6.45) is -0.960. The maximum Gasteiger partial charge on any atom is 0.269 e. The van der Waals surface area contributed by atoms with Crippen LogP contribution in [0.3, 0.4) is 0 Å². The molecule has 0 aromatic heterocycles. The van der Waals surface area contributed by atoms with Crippen LogP contribution in [-0.4, -0.2) is 29.4 Å². The van der Waals surface area contributed by atoms with Gasteiger partial charge < -0.3 is 9.47 Å². The minimum absolute atomic E-state index is 0.0787. The number of hydrogen-bond donors (Lipinski definition) is 0. The number of ketones is 3. The number of carbonyl (C=O) groups is 3. The first-order chi connectivity index (χ1) is 18.9. The van der Waals surface area contributed by atoms with Crippen molar-refractivity contribution in [3.63, 3.8) is 0 Å². The number of rotatable bonds is 8. The van der Waals surface area contributed by atoms with Crippen LogP contribution in [0.4, 0.5) is 5.69 Å². The van der Waals surface area contributed by atoms with Gasteiger partial charge in [-0.15, -0.1) is 0 Å². The SMILES string of the molecule is COc1ccc(C2Oc3ccccc3C(=O)C2C(C(=O)c2ccccc2)C(=O)c2ccc([N+](=O)[O-])cc2)cc1. The number of nitro benzene ring substituents is 1. The molecule has 4 aromatic carbocycles. The van der Waals surface area contributed by atoms with Crippen molar-refractivity contribution in [1.82, 2.24) is 0 Å². The van der Waals surface area contributed by atoms with Crippen molar-refractivity contribution < 1.29 is 28.8 Å². The minimum Gasteiger partial charge on any atom is -0.497 e. The van der Waals surface area contributed by atoms with E-state index < -0.39 is 40.2 Å². The average molecular weight is 522 g/mol. The lowest BCUT2D eigenvalue weighted by Crippen LogP contribution is -2.43.